The van der Waals surface area contributed by atoms with Gasteiger partial charge in [0.05, 0.1) is 0 Å². The highest BCUT2D eigenvalue weighted by atomic mass is 31.2. The van der Waals surface area contributed by atoms with Crippen molar-refractivity contribution in [1.82, 2.24) is 4.90 Å². The van der Waals surface area contributed by atoms with Crippen molar-refractivity contribution < 1.29 is 9.36 Å². The molecular weight excluding hydrogens is 521 g/mol. The first-order valence-corrected chi connectivity index (χ1v) is 15.3. The van der Waals surface area contributed by atoms with Crippen LogP contribution in [0.5, 0.6) is 0 Å². The largest absolute Gasteiger partial charge is 0.383 e. The molecule has 3 nitrogen and oxygen atoms in total. The maximum Gasteiger partial charge on any atom is 0.187 e. The Hall–Kier alpha value is -4.72. The van der Waals surface area contributed by atoms with E-state index in [9.17, 15) is 4.79 Å². The van der Waals surface area contributed by atoms with Crippen LogP contribution in [-0.2, 0) is 4.57 Å². The van der Waals surface area contributed by atoms with Crippen molar-refractivity contribution >= 4 is 50.4 Å². The van der Waals surface area contributed by atoms with Gasteiger partial charge < -0.3 is 9.46 Å². The van der Waals surface area contributed by atoms with E-state index >= 15 is 4.57 Å². The Labute approximate surface area is 240 Å². The fourth-order valence-corrected chi connectivity index (χ4v) is 8.41. The van der Waals surface area contributed by atoms with Crippen molar-refractivity contribution in [3.63, 3.8) is 0 Å². The zero-order chi connectivity index (χ0) is 28.4. The summed E-state index contributed by atoms with van der Waals surface area (Å²) in [6.45, 7) is 0. The lowest BCUT2D eigenvalue weighted by Gasteiger charge is -2.25. The van der Waals surface area contributed by atoms with Crippen molar-refractivity contribution in [3.05, 3.63) is 151 Å². The smallest absolute Gasteiger partial charge is 0.187 e. The molecule has 0 saturated heterocycles. The second-order valence-corrected chi connectivity index (χ2v) is 13.0. The Kier molecular flexibility index (Phi) is 7.14. The van der Waals surface area contributed by atoms with E-state index in [4.69, 9.17) is 0 Å². The molecule has 0 aliphatic heterocycles. The van der Waals surface area contributed by atoms with Gasteiger partial charge in [-0.3, -0.25) is 4.79 Å². The number of ketones is 1. The molecule has 0 aliphatic rings. The van der Waals surface area contributed by atoms with Crippen molar-refractivity contribution in [2.45, 2.75) is 0 Å². The quantitative estimate of drug-likeness (QED) is 0.117. The van der Waals surface area contributed by atoms with E-state index in [0.717, 1.165) is 48.6 Å². The summed E-state index contributed by atoms with van der Waals surface area (Å²) in [5.41, 5.74) is 2.21. The van der Waals surface area contributed by atoms with Gasteiger partial charge in [0.15, 0.2) is 12.9 Å². The molecule has 200 valence electrons. The highest BCUT2D eigenvalue weighted by Gasteiger charge is 2.34. The van der Waals surface area contributed by atoms with Gasteiger partial charge in [-0.05, 0) is 33.7 Å². The van der Waals surface area contributed by atoms with Crippen LogP contribution in [0, 0.1) is 0 Å². The molecule has 41 heavy (non-hydrogen) atoms. The molecule has 0 aliphatic carbocycles. The van der Waals surface area contributed by atoms with E-state index in [2.05, 4.69) is 24.3 Å². The Morgan fingerprint density at radius 3 is 1.63 bits per heavy atom. The third-order valence-corrected chi connectivity index (χ3v) is 10.6. The molecule has 0 aromatic heterocycles. The minimum Gasteiger partial charge on any atom is -0.383 e. The van der Waals surface area contributed by atoms with Crippen LogP contribution in [0.25, 0.3) is 32.7 Å². The number of carbonyl (C=O) groups is 1. The molecule has 0 unspecified atom stereocenters. The molecule has 0 fully saturated rings. The van der Waals surface area contributed by atoms with Crippen molar-refractivity contribution in [1.29, 1.82) is 0 Å². The molecular formula is C37H30NO2P. The van der Waals surface area contributed by atoms with Crippen LogP contribution < -0.4 is 15.9 Å². The average Bonchev–Trinajstić information content (AvgIpc) is 3.03. The highest BCUT2D eigenvalue weighted by Crippen LogP contribution is 2.48. The Morgan fingerprint density at radius 1 is 0.585 bits per heavy atom. The van der Waals surface area contributed by atoms with E-state index in [-0.39, 0.29) is 5.78 Å². The van der Waals surface area contributed by atoms with Gasteiger partial charge in [-0.15, -0.1) is 0 Å². The summed E-state index contributed by atoms with van der Waals surface area (Å²) in [6.07, 6.45) is 3.37. The Bertz CT molecular complexity index is 1920. The van der Waals surface area contributed by atoms with Gasteiger partial charge in [-0.25, -0.2) is 0 Å². The van der Waals surface area contributed by atoms with Crippen LogP contribution in [-0.4, -0.2) is 24.8 Å². The monoisotopic (exact) mass is 551 g/mol. The second-order valence-electron chi connectivity index (χ2n) is 10.3. The third kappa shape index (κ3) is 4.79. The van der Waals surface area contributed by atoms with Gasteiger partial charge in [-0.2, -0.15) is 0 Å². The molecule has 0 radical (unpaired) electrons. The first-order chi connectivity index (χ1) is 20.0. The van der Waals surface area contributed by atoms with Gasteiger partial charge in [0.25, 0.3) is 0 Å². The predicted molar refractivity (Wildman–Crippen MR) is 173 cm³/mol. The fourth-order valence-electron chi connectivity index (χ4n) is 5.54. The average molecular weight is 552 g/mol. The van der Waals surface area contributed by atoms with E-state index in [1.165, 1.54) is 0 Å². The number of rotatable bonds is 7. The van der Waals surface area contributed by atoms with Crippen LogP contribution in [0.1, 0.15) is 10.4 Å². The van der Waals surface area contributed by atoms with Gasteiger partial charge in [0, 0.05) is 59.0 Å². The number of allylic oxidation sites excluding steroid dienone is 1. The number of fused-ring (bicyclic) bond motifs is 2. The summed E-state index contributed by atoms with van der Waals surface area (Å²) in [6, 6.07) is 43.6. The summed E-state index contributed by atoms with van der Waals surface area (Å²) < 4.78 is 15.8. The molecule has 0 heterocycles. The molecule has 0 atom stereocenters. The molecule has 0 N–H and O–H groups in total. The summed E-state index contributed by atoms with van der Waals surface area (Å²) >= 11 is 0. The number of carbonyl (C=O) groups excluding carboxylic acids is 1. The molecule has 4 heteroatoms. The minimum atomic E-state index is -3.38. The molecule has 0 spiro atoms. The van der Waals surface area contributed by atoms with E-state index in [0.29, 0.717) is 5.56 Å². The van der Waals surface area contributed by atoms with Gasteiger partial charge in [0.1, 0.15) is 0 Å². The maximum absolute atomic E-state index is 15.8. The fraction of sp³-hybridized carbons (Fsp3) is 0.0541. The molecule has 0 amide bonds. The number of benzene rings is 6. The van der Waals surface area contributed by atoms with Gasteiger partial charge in [0.2, 0.25) is 0 Å². The first-order valence-electron chi connectivity index (χ1n) is 13.6. The SMILES string of the molecule is CN(C)C=CC(=O)c1ccc2ccccc2c1-c1c(P(=O)(c2ccccc2)c2ccccc2)ccc2ccccc12. The first kappa shape index (κ1) is 26.5. The summed E-state index contributed by atoms with van der Waals surface area (Å²) in [5, 5.41) is 6.17. The standard InChI is InChI=1S/C37H30NO2P/c1-38(2)26-25-34(39)33-23-21-27-13-9-11-19-31(27)36(33)37-32-20-12-10-14-28(32)22-24-35(37)41(40,29-15-5-3-6-16-29)30-17-7-4-8-18-30/h3-26H,1-2H3. The number of hydrogen-bond donors (Lipinski definition) is 0. The highest BCUT2D eigenvalue weighted by molar-refractivity contribution is 7.85. The van der Waals surface area contributed by atoms with Crippen LogP contribution >= 0.6 is 7.14 Å². The Morgan fingerprint density at radius 2 is 1.07 bits per heavy atom. The lowest BCUT2D eigenvalue weighted by molar-refractivity contribution is 0.104. The maximum atomic E-state index is 15.8. The third-order valence-electron chi connectivity index (χ3n) is 7.45. The zero-order valence-corrected chi connectivity index (χ0v) is 24.0. The van der Waals surface area contributed by atoms with Crippen molar-refractivity contribution in [3.8, 4) is 11.1 Å². The molecule has 0 bridgehead atoms. The summed E-state index contributed by atoms with van der Waals surface area (Å²) in [5.74, 6) is -0.104. The van der Waals surface area contributed by atoms with E-state index in [1.807, 2.05) is 128 Å². The van der Waals surface area contributed by atoms with Crippen LogP contribution in [0.4, 0.5) is 0 Å². The lowest BCUT2D eigenvalue weighted by atomic mass is 9.88. The normalized spacial score (nSPS) is 11.8. The molecule has 0 saturated carbocycles. The van der Waals surface area contributed by atoms with Crippen molar-refractivity contribution in [2.24, 2.45) is 0 Å². The molecule has 6 rings (SSSR count). The number of hydrogen-bond acceptors (Lipinski definition) is 3. The van der Waals surface area contributed by atoms with Crippen LogP contribution in [0.15, 0.2) is 146 Å². The minimum absolute atomic E-state index is 0.104. The summed E-state index contributed by atoms with van der Waals surface area (Å²) in [7, 11) is 0.405. The molecule has 6 aromatic rings. The Balaban J connectivity index is 1.80. The topological polar surface area (TPSA) is 37.4 Å². The number of nitrogens with zero attached hydrogens (tertiary/aromatic N) is 1. The predicted octanol–water partition coefficient (Wildman–Crippen LogP) is 7.56. The summed E-state index contributed by atoms with van der Waals surface area (Å²) in [4.78, 5) is 15.7. The van der Waals surface area contributed by atoms with Crippen LogP contribution in [0.3, 0.4) is 0 Å². The van der Waals surface area contributed by atoms with Gasteiger partial charge in [-0.1, -0.05) is 121 Å². The van der Waals surface area contributed by atoms with Crippen molar-refractivity contribution in [2.75, 3.05) is 14.1 Å². The second kappa shape index (κ2) is 11.0. The van der Waals surface area contributed by atoms with E-state index in [1.54, 1.807) is 12.3 Å². The van der Waals surface area contributed by atoms with Crippen LogP contribution in [0.2, 0.25) is 0 Å². The lowest BCUT2D eigenvalue weighted by Crippen LogP contribution is -2.26. The molecule has 6 aromatic carbocycles. The zero-order valence-electron chi connectivity index (χ0n) is 23.1. The van der Waals surface area contributed by atoms with Gasteiger partial charge >= 0.3 is 0 Å². The van der Waals surface area contributed by atoms with E-state index < -0.39 is 7.14 Å².